The first-order chi connectivity index (χ1) is 9.34. The van der Waals surface area contributed by atoms with Gasteiger partial charge in [0.25, 0.3) is 0 Å². The van der Waals surface area contributed by atoms with Crippen LogP contribution in [0.4, 0.5) is 0 Å². The second-order valence-electron chi connectivity index (χ2n) is 6.01. The third-order valence-electron chi connectivity index (χ3n) is 5.09. The Morgan fingerprint density at radius 2 is 1.95 bits per heavy atom. The fourth-order valence-electron chi connectivity index (χ4n) is 4.28. The molecular weight excluding hydrogens is 238 g/mol. The highest BCUT2D eigenvalue weighted by Gasteiger charge is 2.52. The quantitative estimate of drug-likeness (QED) is 0.724. The van der Waals surface area contributed by atoms with E-state index in [4.69, 9.17) is 4.74 Å². The molecule has 0 unspecified atom stereocenters. The van der Waals surface area contributed by atoms with Crippen LogP contribution < -0.4 is 0 Å². The molecule has 4 rings (SSSR count). The van der Waals surface area contributed by atoms with E-state index in [0.29, 0.717) is 18.6 Å². The Morgan fingerprint density at radius 3 is 2.79 bits per heavy atom. The van der Waals surface area contributed by atoms with Gasteiger partial charge in [-0.05, 0) is 30.7 Å². The van der Waals surface area contributed by atoms with E-state index >= 15 is 0 Å². The molecule has 3 nitrogen and oxygen atoms in total. The number of benzene rings is 1. The molecule has 0 N–H and O–H groups in total. The molecule has 0 amide bonds. The van der Waals surface area contributed by atoms with Gasteiger partial charge in [0.15, 0.2) is 0 Å². The van der Waals surface area contributed by atoms with Crippen molar-refractivity contribution in [2.24, 2.45) is 5.92 Å². The SMILES string of the molecule is O=C1OC[C@H](c2ccccc2)N2[C@@H]3CCC[C@@H]3C[C@@H]12. The zero-order chi connectivity index (χ0) is 12.8. The lowest BCUT2D eigenvalue weighted by atomic mass is 10.0. The van der Waals surface area contributed by atoms with Gasteiger partial charge >= 0.3 is 5.97 Å². The number of rotatable bonds is 1. The number of esters is 1. The molecule has 2 aliphatic heterocycles. The van der Waals surface area contributed by atoms with Crippen molar-refractivity contribution in [1.82, 2.24) is 4.90 Å². The van der Waals surface area contributed by atoms with Crippen LogP contribution in [-0.2, 0) is 9.53 Å². The number of carbonyl (C=O) groups excluding carboxylic acids is 1. The molecule has 1 aromatic carbocycles. The number of hydrogen-bond donors (Lipinski definition) is 0. The maximum atomic E-state index is 12.0. The van der Waals surface area contributed by atoms with Crippen LogP contribution in [0.1, 0.15) is 37.3 Å². The van der Waals surface area contributed by atoms with Crippen molar-refractivity contribution < 1.29 is 9.53 Å². The largest absolute Gasteiger partial charge is 0.462 e. The molecule has 2 saturated heterocycles. The highest BCUT2D eigenvalue weighted by molar-refractivity contribution is 5.77. The van der Waals surface area contributed by atoms with Gasteiger partial charge in [-0.2, -0.15) is 0 Å². The second-order valence-corrected chi connectivity index (χ2v) is 6.01. The fraction of sp³-hybridized carbons (Fsp3) is 0.562. The van der Waals surface area contributed by atoms with Crippen molar-refractivity contribution in [3.8, 4) is 0 Å². The average molecular weight is 257 g/mol. The lowest BCUT2D eigenvalue weighted by Gasteiger charge is -2.39. The third-order valence-corrected chi connectivity index (χ3v) is 5.09. The Hall–Kier alpha value is -1.35. The summed E-state index contributed by atoms with van der Waals surface area (Å²) in [6, 6.07) is 11.4. The summed E-state index contributed by atoms with van der Waals surface area (Å²) in [5, 5.41) is 0. The first-order valence-electron chi connectivity index (χ1n) is 7.33. The van der Waals surface area contributed by atoms with Gasteiger partial charge < -0.3 is 4.74 Å². The molecule has 1 aliphatic carbocycles. The number of fused-ring (bicyclic) bond motifs is 3. The standard InChI is InChI=1S/C16H19NO2/c18-16-14-9-12-7-4-8-13(12)17(14)15(10-19-16)11-5-2-1-3-6-11/h1-3,5-6,12-15H,4,7-10H2/t12-,13-,14+,15-/m1/s1. The van der Waals surface area contributed by atoms with Gasteiger partial charge in [0, 0.05) is 6.04 Å². The number of ether oxygens (including phenoxy) is 1. The van der Waals surface area contributed by atoms with Crippen molar-refractivity contribution in [2.45, 2.75) is 43.8 Å². The van der Waals surface area contributed by atoms with Crippen LogP contribution >= 0.6 is 0 Å². The lowest BCUT2D eigenvalue weighted by molar-refractivity contribution is -0.162. The number of morpholine rings is 1. The van der Waals surface area contributed by atoms with Crippen LogP contribution in [0.15, 0.2) is 30.3 Å². The van der Waals surface area contributed by atoms with Gasteiger partial charge in [0.1, 0.15) is 12.6 Å². The van der Waals surface area contributed by atoms with Crippen LogP contribution in [-0.4, -0.2) is 29.6 Å². The Balaban J connectivity index is 1.70. The van der Waals surface area contributed by atoms with E-state index in [1.54, 1.807) is 0 Å². The highest BCUT2D eigenvalue weighted by atomic mass is 16.5. The molecule has 0 radical (unpaired) electrons. The van der Waals surface area contributed by atoms with E-state index in [2.05, 4.69) is 29.2 Å². The Morgan fingerprint density at radius 1 is 1.11 bits per heavy atom. The maximum Gasteiger partial charge on any atom is 0.323 e. The average Bonchev–Trinajstić information content (AvgIpc) is 3.02. The third kappa shape index (κ3) is 1.71. The van der Waals surface area contributed by atoms with E-state index in [9.17, 15) is 4.79 Å². The van der Waals surface area contributed by atoms with E-state index in [1.807, 2.05) is 6.07 Å². The molecule has 0 bridgehead atoms. The van der Waals surface area contributed by atoms with Gasteiger partial charge in [0.2, 0.25) is 0 Å². The predicted octanol–water partition coefficient (Wildman–Crippen LogP) is 2.53. The van der Waals surface area contributed by atoms with Crippen LogP contribution in [0.3, 0.4) is 0 Å². The minimum absolute atomic E-state index is 0.00146. The molecule has 3 aliphatic rings. The van der Waals surface area contributed by atoms with Gasteiger partial charge in [-0.25, -0.2) is 0 Å². The first kappa shape index (κ1) is 11.5. The molecule has 3 heteroatoms. The fourth-order valence-corrected chi connectivity index (χ4v) is 4.28. The van der Waals surface area contributed by atoms with Gasteiger partial charge in [-0.15, -0.1) is 0 Å². The summed E-state index contributed by atoms with van der Waals surface area (Å²) in [5.41, 5.74) is 1.28. The molecule has 3 fully saturated rings. The number of nitrogens with zero attached hydrogens (tertiary/aromatic N) is 1. The smallest absolute Gasteiger partial charge is 0.323 e. The number of carbonyl (C=O) groups is 1. The zero-order valence-corrected chi connectivity index (χ0v) is 11.0. The summed E-state index contributed by atoms with van der Waals surface area (Å²) in [4.78, 5) is 14.5. The van der Waals surface area contributed by atoms with E-state index in [1.165, 1.54) is 24.8 Å². The molecule has 2 heterocycles. The number of hydrogen-bond acceptors (Lipinski definition) is 3. The monoisotopic (exact) mass is 257 g/mol. The molecule has 1 aromatic rings. The Kier molecular flexibility index (Phi) is 2.62. The van der Waals surface area contributed by atoms with Crippen molar-refractivity contribution in [2.75, 3.05) is 6.61 Å². The molecule has 4 atom stereocenters. The summed E-state index contributed by atoms with van der Waals surface area (Å²) >= 11 is 0. The van der Waals surface area contributed by atoms with Crippen molar-refractivity contribution in [1.29, 1.82) is 0 Å². The summed E-state index contributed by atoms with van der Waals surface area (Å²) in [5.74, 6) is 0.712. The lowest BCUT2D eigenvalue weighted by Crippen LogP contribution is -2.49. The second kappa shape index (κ2) is 4.34. The van der Waals surface area contributed by atoms with Gasteiger partial charge in [-0.3, -0.25) is 9.69 Å². The minimum atomic E-state index is 0.00146. The highest BCUT2D eigenvalue weighted by Crippen LogP contribution is 2.47. The van der Waals surface area contributed by atoms with E-state index in [0.717, 1.165) is 6.42 Å². The summed E-state index contributed by atoms with van der Waals surface area (Å²) in [6.07, 6.45) is 4.85. The molecule has 100 valence electrons. The maximum absolute atomic E-state index is 12.0. The Bertz CT molecular complexity index is 487. The summed E-state index contributed by atoms with van der Waals surface area (Å²) in [7, 11) is 0. The molecule has 1 saturated carbocycles. The van der Waals surface area contributed by atoms with Gasteiger partial charge in [-0.1, -0.05) is 36.8 Å². The molecule has 19 heavy (non-hydrogen) atoms. The Labute approximate surface area is 113 Å². The van der Waals surface area contributed by atoms with Crippen LogP contribution in [0.25, 0.3) is 0 Å². The van der Waals surface area contributed by atoms with Crippen molar-refractivity contribution in [3.05, 3.63) is 35.9 Å². The van der Waals surface area contributed by atoms with Crippen molar-refractivity contribution >= 4 is 5.97 Å². The topological polar surface area (TPSA) is 29.5 Å². The van der Waals surface area contributed by atoms with E-state index < -0.39 is 0 Å². The summed E-state index contributed by atoms with van der Waals surface area (Å²) < 4.78 is 5.44. The minimum Gasteiger partial charge on any atom is -0.462 e. The number of cyclic esters (lactones) is 1. The van der Waals surface area contributed by atoms with Gasteiger partial charge in [0.05, 0.1) is 6.04 Å². The van der Waals surface area contributed by atoms with E-state index in [-0.39, 0.29) is 18.1 Å². The van der Waals surface area contributed by atoms with Crippen LogP contribution in [0, 0.1) is 5.92 Å². The zero-order valence-electron chi connectivity index (χ0n) is 11.0. The molecule has 0 spiro atoms. The van der Waals surface area contributed by atoms with Crippen molar-refractivity contribution in [3.63, 3.8) is 0 Å². The predicted molar refractivity (Wildman–Crippen MR) is 71.5 cm³/mol. The summed E-state index contributed by atoms with van der Waals surface area (Å²) in [6.45, 7) is 0.516. The van der Waals surface area contributed by atoms with Crippen LogP contribution in [0.5, 0.6) is 0 Å². The normalized spacial score (nSPS) is 37.8. The van der Waals surface area contributed by atoms with Crippen LogP contribution in [0.2, 0.25) is 0 Å². The first-order valence-corrected chi connectivity index (χ1v) is 7.33. The molecular formula is C16H19NO2. The molecule has 0 aromatic heterocycles.